The van der Waals surface area contributed by atoms with Gasteiger partial charge in [-0.15, -0.1) is 11.8 Å². The van der Waals surface area contributed by atoms with Crippen LogP contribution >= 0.6 is 11.8 Å². The minimum Gasteiger partial charge on any atom is -0.481 e. The normalized spacial score (nSPS) is 17.9. The van der Waals surface area contributed by atoms with Gasteiger partial charge in [0.1, 0.15) is 0 Å². The van der Waals surface area contributed by atoms with Gasteiger partial charge in [0.25, 0.3) is 0 Å². The third-order valence-electron chi connectivity index (χ3n) is 4.86. The summed E-state index contributed by atoms with van der Waals surface area (Å²) in [7, 11) is 0. The van der Waals surface area contributed by atoms with Gasteiger partial charge < -0.3 is 15.7 Å². The van der Waals surface area contributed by atoms with Gasteiger partial charge in [0, 0.05) is 18.2 Å². The van der Waals surface area contributed by atoms with Crippen LogP contribution in [0.25, 0.3) is 11.3 Å². The quantitative estimate of drug-likeness (QED) is 0.484. The molecule has 4 N–H and O–H groups in total. The number of rotatable bonds is 5. The highest BCUT2D eigenvalue weighted by Gasteiger charge is 2.36. The Kier molecular flexibility index (Phi) is 5.77. The van der Waals surface area contributed by atoms with Crippen molar-refractivity contribution in [3.05, 3.63) is 65.7 Å². The van der Waals surface area contributed by atoms with Crippen LogP contribution in [0.2, 0.25) is 0 Å². The fraction of sp³-hybridized carbons (Fsp3) is 0.182. The molecule has 8 nitrogen and oxygen atoms in total. The molecule has 2 heterocycles. The number of amides is 2. The van der Waals surface area contributed by atoms with Gasteiger partial charge in [-0.25, -0.2) is 0 Å². The third-order valence-corrected chi connectivity index (χ3v) is 6.35. The summed E-state index contributed by atoms with van der Waals surface area (Å²) in [4.78, 5) is 35.4. The number of carbonyl (C=O) groups is 3. The number of H-pyrrole nitrogens is 1. The Bertz CT molecular complexity index is 1130. The van der Waals surface area contributed by atoms with Gasteiger partial charge in [0.05, 0.1) is 22.6 Å². The molecule has 0 saturated carbocycles. The molecule has 1 aliphatic heterocycles. The number of carbonyl (C=O) groups excluding carboxylic acids is 2. The SMILES string of the molecule is CC(=O)Nc1ccc(C2SC(CC(=O)O)C(=O)Nc3n[nH]c(-c4ccccc4)c32)cc1. The lowest BCUT2D eigenvalue weighted by atomic mass is 10.00. The van der Waals surface area contributed by atoms with Crippen molar-refractivity contribution in [2.24, 2.45) is 0 Å². The standard InChI is InChI=1S/C22H20N4O4S/c1-12(27)23-15-9-7-14(8-10-15)20-18-19(13-5-3-2-4-6-13)25-26-21(18)24-22(30)16(31-20)11-17(28)29/h2-10,16,20H,11H2,1H3,(H,23,27)(H,28,29)(H2,24,25,26,30). The highest BCUT2D eigenvalue weighted by Crippen LogP contribution is 2.48. The molecule has 0 aliphatic carbocycles. The number of fused-ring (bicyclic) bond motifs is 1. The monoisotopic (exact) mass is 436 g/mol. The third kappa shape index (κ3) is 4.46. The van der Waals surface area contributed by atoms with Crippen LogP contribution in [0.4, 0.5) is 11.5 Å². The van der Waals surface area contributed by atoms with Crippen LogP contribution in [-0.2, 0) is 14.4 Å². The van der Waals surface area contributed by atoms with Crippen molar-refractivity contribution in [2.45, 2.75) is 23.8 Å². The number of hydrogen-bond acceptors (Lipinski definition) is 5. The molecule has 1 aromatic heterocycles. The predicted octanol–water partition coefficient (Wildman–Crippen LogP) is 3.65. The van der Waals surface area contributed by atoms with Gasteiger partial charge in [-0.3, -0.25) is 19.5 Å². The molecule has 4 rings (SSSR count). The van der Waals surface area contributed by atoms with Crippen LogP contribution in [0.15, 0.2) is 54.6 Å². The minimum absolute atomic E-state index is 0.170. The molecule has 2 atom stereocenters. The lowest BCUT2D eigenvalue weighted by Gasteiger charge is -2.20. The molecule has 2 amide bonds. The van der Waals surface area contributed by atoms with E-state index < -0.39 is 17.1 Å². The summed E-state index contributed by atoms with van der Waals surface area (Å²) < 4.78 is 0. The second-order valence-corrected chi connectivity index (χ2v) is 8.43. The first-order chi connectivity index (χ1) is 14.9. The molecular formula is C22H20N4O4S. The van der Waals surface area contributed by atoms with E-state index in [4.69, 9.17) is 0 Å². The van der Waals surface area contributed by atoms with Gasteiger partial charge in [-0.2, -0.15) is 5.10 Å². The average molecular weight is 436 g/mol. The van der Waals surface area contributed by atoms with Crippen LogP contribution in [-0.4, -0.2) is 38.3 Å². The van der Waals surface area contributed by atoms with E-state index in [-0.39, 0.29) is 17.6 Å². The lowest BCUT2D eigenvalue weighted by Crippen LogP contribution is -2.26. The molecule has 0 bridgehead atoms. The van der Waals surface area contributed by atoms with Gasteiger partial charge in [-0.05, 0) is 23.3 Å². The van der Waals surface area contributed by atoms with E-state index in [0.29, 0.717) is 11.5 Å². The molecule has 31 heavy (non-hydrogen) atoms. The Balaban J connectivity index is 1.80. The van der Waals surface area contributed by atoms with E-state index in [0.717, 1.165) is 22.4 Å². The summed E-state index contributed by atoms with van der Waals surface area (Å²) in [5.41, 5.74) is 3.97. The zero-order valence-electron chi connectivity index (χ0n) is 16.6. The summed E-state index contributed by atoms with van der Waals surface area (Å²) in [6.07, 6.45) is -0.300. The van der Waals surface area contributed by atoms with E-state index in [2.05, 4.69) is 20.8 Å². The number of nitrogens with zero attached hydrogens (tertiary/aromatic N) is 1. The van der Waals surface area contributed by atoms with Gasteiger partial charge in [0.2, 0.25) is 11.8 Å². The second-order valence-electron chi connectivity index (χ2n) is 7.12. The van der Waals surface area contributed by atoms with Gasteiger partial charge in [0.15, 0.2) is 5.82 Å². The first kappa shape index (κ1) is 20.7. The van der Waals surface area contributed by atoms with Crippen molar-refractivity contribution >= 4 is 41.1 Å². The highest BCUT2D eigenvalue weighted by molar-refractivity contribution is 8.01. The Morgan fingerprint density at radius 1 is 1.13 bits per heavy atom. The van der Waals surface area contributed by atoms with E-state index in [1.165, 1.54) is 18.7 Å². The van der Waals surface area contributed by atoms with Crippen LogP contribution in [0, 0.1) is 0 Å². The number of benzene rings is 2. The summed E-state index contributed by atoms with van der Waals surface area (Å²) in [5.74, 6) is -1.22. The Morgan fingerprint density at radius 2 is 1.84 bits per heavy atom. The van der Waals surface area contributed by atoms with Crippen molar-refractivity contribution in [3.63, 3.8) is 0 Å². The number of carboxylic acid groups (broad SMARTS) is 1. The zero-order valence-corrected chi connectivity index (χ0v) is 17.4. The van der Waals surface area contributed by atoms with E-state index >= 15 is 0 Å². The fourth-order valence-electron chi connectivity index (χ4n) is 3.51. The van der Waals surface area contributed by atoms with Crippen molar-refractivity contribution < 1.29 is 19.5 Å². The number of nitrogens with one attached hydrogen (secondary N) is 3. The Hall–Kier alpha value is -3.59. The van der Waals surface area contributed by atoms with Crippen molar-refractivity contribution in [1.29, 1.82) is 0 Å². The molecule has 0 spiro atoms. The summed E-state index contributed by atoms with van der Waals surface area (Å²) in [5, 5.41) is 21.0. The topological polar surface area (TPSA) is 124 Å². The first-order valence-corrected chi connectivity index (χ1v) is 10.6. The van der Waals surface area contributed by atoms with Crippen LogP contribution in [0.3, 0.4) is 0 Å². The van der Waals surface area contributed by atoms with E-state index in [1.807, 2.05) is 42.5 Å². The van der Waals surface area contributed by atoms with Gasteiger partial charge in [-0.1, -0.05) is 42.5 Å². The fourth-order valence-corrected chi connectivity index (χ4v) is 4.94. The molecule has 0 fully saturated rings. The molecule has 158 valence electrons. The average Bonchev–Trinajstić information content (AvgIpc) is 3.09. The number of anilines is 2. The number of aliphatic carboxylic acids is 1. The van der Waals surface area contributed by atoms with Crippen LogP contribution < -0.4 is 10.6 Å². The first-order valence-electron chi connectivity index (χ1n) is 9.61. The second kappa shape index (κ2) is 8.65. The predicted molar refractivity (Wildman–Crippen MR) is 119 cm³/mol. The molecule has 0 saturated heterocycles. The summed E-state index contributed by atoms with van der Waals surface area (Å²) >= 11 is 1.28. The number of hydrogen-bond donors (Lipinski definition) is 4. The lowest BCUT2D eigenvalue weighted by molar-refractivity contribution is -0.138. The minimum atomic E-state index is -1.04. The van der Waals surface area contributed by atoms with Crippen LogP contribution in [0.1, 0.15) is 29.7 Å². The molecule has 3 aromatic rings. The van der Waals surface area contributed by atoms with Crippen molar-refractivity contribution in [1.82, 2.24) is 10.2 Å². The molecular weight excluding hydrogens is 416 g/mol. The largest absolute Gasteiger partial charge is 0.481 e. The maximum absolute atomic E-state index is 12.7. The summed E-state index contributed by atoms with van der Waals surface area (Å²) in [6, 6.07) is 16.9. The van der Waals surface area contributed by atoms with E-state index in [1.54, 1.807) is 12.1 Å². The number of thioether (sulfide) groups is 1. The zero-order chi connectivity index (χ0) is 22.0. The summed E-state index contributed by atoms with van der Waals surface area (Å²) in [6.45, 7) is 1.44. The molecule has 9 heteroatoms. The Morgan fingerprint density at radius 3 is 2.48 bits per heavy atom. The highest BCUT2D eigenvalue weighted by atomic mass is 32.2. The Labute approximate surface area is 182 Å². The number of aromatic nitrogens is 2. The molecule has 2 aromatic carbocycles. The van der Waals surface area contributed by atoms with E-state index in [9.17, 15) is 19.5 Å². The van der Waals surface area contributed by atoms with Crippen LogP contribution in [0.5, 0.6) is 0 Å². The van der Waals surface area contributed by atoms with Crippen molar-refractivity contribution in [2.75, 3.05) is 10.6 Å². The van der Waals surface area contributed by atoms with Crippen molar-refractivity contribution in [3.8, 4) is 11.3 Å². The maximum Gasteiger partial charge on any atom is 0.305 e. The maximum atomic E-state index is 12.7. The molecule has 0 radical (unpaired) electrons. The smallest absolute Gasteiger partial charge is 0.305 e. The number of aromatic amines is 1. The van der Waals surface area contributed by atoms with Gasteiger partial charge >= 0.3 is 5.97 Å². The molecule has 1 aliphatic rings. The number of carboxylic acids is 1. The molecule has 2 unspecified atom stereocenters.